The van der Waals surface area contributed by atoms with Crippen molar-refractivity contribution in [3.8, 4) is 0 Å². The van der Waals surface area contributed by atoms with Crippen molar-refractivity contribution in [1.82, 2.24) is 4.98 Å². The molecule has 1 heterocycles. The van der Waals surface area contributed by atoms with E-state index < -0.39 is 0 Å². The number of pyridine rings is 1. The molecule has 0 spiro atoms. The highest BCUT2D eigenvalue weighted by molar-refractivity contribution is 5.42. The third kappa shape index (κ3) is 1.23. The molecule has 0 fully saturated rings. The molecule has 1 aliphatic carbocycles. The molecule has 1 aromatic rings. The van der Waals surface area contributed by atoms with Gasteiger partial charge >= 0.3 is 0 Å². The van der Waals surface area contributed by atoms with Crippen LogP contribution in [0, 0.1) is 0 Å². The van der Waals surface area contributed by atoms with Gasteiger partial charge in [0.2, 0.25) is 5.56 Å². The molecule has 2 rings (SSSR count). The number of allylic oxidation sites excluding steroid dienone is 2. The maximum absolute atomic E-state index is 10.9. The molecule has 0 unspecified atom stereocenters. The van der Waals surface area contributed by atoms with Crippen LogP contribution in [0.15, 0.2) is 29.1 Å². The van der Waals surface area contributed by atoms with Crippen molar-refractivity contribution in [3.05, 3.63) is 45.2 Å². The zero-order chi connectivity index (χ0) is 8.39. The number of aromatic nitrogens is 1. The standard InChI is InChI=1S/C10H9NO/c12-10-7-6-8-4-2-1-3-5-9(8)11-10/h1-2,4-7H,3H2,(H,11,12). The third-order valence-electron chi connectivity index (χ3n) is 1.85. The second-order valence-corrected chi connectivity index (χ2v) is 2.73. The number of hydrogen-bond donors (Lipinski definition) is 1. The van der Waals surface area contributed by atoms with Gasteiger partial charge in [0, 0.05) is 11.4 Å². The van der Waals surface area contributed by atoms with E-state index >= 15 is 0 Å². The lowest BCUT2D eigenvalue weighted by atomic mass is 10.3. The summed E-state index contributed by atoms with van der Waals surface area (Å²) in [6.45, 7) is 0. The maximum Gasteiger partial charge on any atom is 0.248 e. The van der Waals surface area contributed by atoms with E-state index in [1.54, 1.807) is 6.07 Å². The zero-order valence-electron chi connectivity index (χ0n) is 6.58. The van der Waals surface area contributed by atoms with Gasteiger partial charge < -0.3 is 4.98 Å². The summed E-state index contributed by atoms with van der Waals surface area (Å²) in [7, 11) is 0. The molecule has 12 heavy (non-hydrogen) atoms. The Morgan fingerprint density at radius 2 is 2.25 bits per heavy atom. The number of fused-ring (bicyclic) bond motifs is 1. The second-order valence-electron chi connectivity index (χ2n) is 2.73. The Labute approximate surface area is 69.6 Å². The first kappa shape index (κ1) is 7.10. The van der Waals surface area contributed by atoms with Gasteiger partial charge in [-0.1, -0.05) is 24.3 Å². The second kappa shape index (κ2) is 2.81. The van der Waals surface area contributed by atoms with Gasteiger partial charge in [-0.15, -0.1) is 0 Å². The molecular formula is C10H9NO. The van der Waals surface area contributed by atoms with Crippen LogP contribution in [-0.4, -0.2) is 4.98 Å². The molecule has 1 aromatic heterocycles. The van der Waals surface area contributed by atoms with Gasteiger partial charge in [0.25, 0.3) is 0 Å². The monoisotopic (exact) mass is 159 g/mol. The summed E-state index contributed by atoms with van der Waals surface area (Å²) in [6, 6.07) is 3.38. The molecule has 60 valence electrons. The Balaban J connectivity index is 2.87. The quantitative estimate of drug-likeness (QED) is 0.563. The van der Waals surface area contributed by atoms with Crippen molar-refractivity contribution in [2.75, 3.05) is 0 Å². The predicted octanol–water partition coefficient (Wildman–Crippen LogP) is -0.104. The van der Waals surface area contributed by atoms with Crippen molar-refractivity contribution in [2.45, 2.75) is 6.42 Å². The minimum absolute atomic E-state index is 0.0414. The molecule has 0 radical (unpaired) electrons. The van der Waals surface area contributed by atoms with Crippen molar-refractivity contribution in [3.63, 3.8) is 0 Å². The normalized spacial score (nSPS) is 14.0. The van der Waals surface area contributed by atoms with E-state index in [2.05, 4.69) is 11.1 Å². The fraction of sp³-hybridized carbons (Fsp3) is 0.100. The summed E-state index contributed by atoms with van der Waals surface area (Å²) in [6.07, 6.45) is 8.94. The smallest absolute Gasteiger partial charge is 0.248 e. The predicted molar refractivity (Wildman–Crippen MR) is 49.0 cm³/mol. The van der Waals surface area contributed by atoms with Crippen LogP contribution in [0.1, 0.15) is 6.42 Å². The molecule has 2 heteroatoms. The van der Waals surface area contributed by atoms with E-state index in [1.165, 1.54) is 0 Å². The van der Waals surface area contributed by atoms with Gasteiger partial charge in [0.1, 0.15) is 0 Å². The van der Waals surface area contributed by atoms with Crippen LogP contribution in [0.25, 0.3) is 12.2 Å². The van der Waals surface area contributed by atoms with E-state index in [9.17, 15) is 4.79 Å². The summed E-state index contributed by atoms with van der Waals surface area (Å²) >= 11 is 0. The lowest BCUT2D eigenvalue weighted by molar-refractivity contribution is 1.15. The van der Waals surface area contributed by atoms with E-state index in [4.69, 9.17) is 0 Å². The van der Waals surface area contributed by atoms with Crippen LogP contribution in [-0.2, 0) is 0 Å². The first-order chi connectivity index (χ1) is 5.86. The van der Waals surface area contributed by atoms with Crippen LogP contribution in [0.5, 0.6) is 0 Å². The van der Waals surface area contributed by atoms with Gasteiger partial charge in [-0.3, -0.25) is 4.79 Å². The van der Waals surface area contributed by atoms with Gasteiger partial charge in [0.15, 0.2) is 0 Å². The highest BCUT2D eigenvalue weighted by Gasteiger charge is 1.88. The van der Waals surface area contributed by atoms with Crippen LogP contribution in [0.3, 0.4) is 0 Å². The number of nitrogens with one attached hydrogen (secondary N) is 1. The van der Waals surface area contributed by atoms with Crippen molar-refractivity contribution in [2.24, 2.45) is 0 Å². The highest BCUT2D eigenvalue weighted by atomic mass is 16.1. The molecule has 0 aromatic carbocycles. The summed E-state index contributed by atoms with van der Waals surface area (Å²) in [5, 5.41) is 2.00. The molecule has 0 aliphatic heterocycles. The fourth-order valence-corrected chi connectivity index (χ4v) is 1.25. The molecule has 0 saturated carbocycles. The number of H-pyrrole nitrogens is 1. The van der Waals surface area contributed by atoms with Crippen molar-refractivity contribution >= 4 is 12.2 Å². The minimum atomic E-state index is -0.0414. The molecule has 1 N–H and O–H groups in total. The molecule has 1 aliphatic rings. The lowest BCUT2D eigenvalue weighted by Gasteiger charge is -1.86. The Kier molecular flexibility index (Phi) is 1.67. The van der Waals surface area contributed by atoms with Gasteiger partial charge in [-0.25, -0.2) is 0 Å². The van der Waals surface area contributed by atoms with Crippen LogP contribution >= 0.6 is 0 Å². The first-order valence-electron chi connectivity index (χ1n) is 3.93. The Morgan fingerprint density at radius 1 is 1.33 bits per heavy atom. The van der Waals surface area contributed by atoms with Gasteiger partial charge in [0.05, 0.1) is 0 Å². The minimum Gasteiger partial charge on any atom is -0.322 e. The third-order valence-corrected chi connectivity index (χ3v) is 1.85. The zero-order valence-corrected chi connectivity index (χ0v) is 6.58. The molecule has 0 amide bonds. The highest BCUT2D eigenvalue weighted by Crippen LogP contribution is 1.86. The van der Waals surface area contributed by atoms with Crippen molar-refractivity contribution < 1.29 is 0 Å². The number of aromatic amines is 1. The number of rotatable bonds is 0. The van der Waals surface area contributed by atoms with Crippen LogP contribution in [0.2, 0.25) is 0 Å². The summed E-state index contributed by atoms with van der Waals surface area (Å²) in [5.41, 5.74) is -0.0414. The van der Waals surface area contributed by atoms with Crippen LogP contribution < -0.4 is 16.1 Å². The first-order valence-corrected chi connectivity index (χ1v) is 3.93. The lowest BCUT2D eigenvalue weighted by Crippen LogP contribution is -2.32. The average molecular weight is 159 g/mol. The number of hydrogen-bond acceptors (Lipinski definition) is 1. The van der Waals surface area contributed by atoms with E-state index in [0.29, 0.717) is 0 Å². The molecule has 0 saturated heterocycles. The Morgan fingerprint density at radius 3 is 3.17 bits per heavy atom. The van der Waals surface area contributed by atoms with Gasteiger partial charge in [-0.2, -0.15) is 0 Å². The summed E-state index contributed by atoms with van der Waals surface area (Å²) < 4.78 is 0. The summed E-state index contributed by atoms with van der Waals surface area (Å²) in [4.78, 5) is 13.7. The molecular weight excluding hydrogens is 150 g/mol. The topological polar surface area (TPSA) is 32.9 Å². The summed E-state index contributed by atoms with van der Waals surface area (Å²) in [5.74, 6) is 0. The average Bonchev–Trinajstić information content (AvgIpc) is 2.28. The van der Waals surface area contributed by atoms with Crippen LogP contribution in [0.4, 0.5) is 0 Å². The Bertz CT molecular complexity index is 479. The molecule has 0 bridgehead atoms. The SMILES string of the molecule is O=c1ccc2c([nH]1)=CCC=CC=2. The van der Waals surface area contributed by atoms with E-state index in [-0.39, 0.29) is 5.56 Å². The van der Waals surface area contributed by atoms with E-state index in [0.717, 1.165) is 17.0 Å². The van der Waals surface area contributed by atoms with Crippen molar-refractivity contribution in [1.29, 1.82) is 0 Å². The Hall–Kier alpha value is -1.57. The fourth-order valence-electron chi connectivity index (χ4n) is 1.25. The molecule has 2 nitrogen and oxygen atoms in total. The molecule has 0 atom stereocenters. The van der Waals surface area contributed by atoms with Gasteiger partial charge in [-0.05, 0) is 17.7 Å². The van der Waals surface area contributed by atoms with E-state index in [1.807, 2.05) is 24.3 Å². The maximum atomic E-state index is 10.9. The largest absolute Gasteiger partial charge is 0.322 e.